The van der Waals surface area contributed by atoms with E-state index in [0.717, 1.165) is 17.7 Å². The molecule has 1 saturated heterocycles. The number of carbonyl (C=O) groups excluding carboxylic acids is 2. The molecule has 28 heavy (non-hydrogen) atoms. The summed E-state index contributed by atoms with van der Waals surface area (Å²) in [5.74, 6) is -0.156. The molecule has 0 bridgehead atoms. The van der Waals surface area contributed by atoms with Crippen molar-refractivity contribution in [3.8, 4) is 5.69 Å². The van der Waals surface area contributed by atoms with Crippen LogP contribution in [0.25, 0.3) is 5.69 Å². The van der Waals surface area contributed by atoms with E-state index in [1.165, 1.54) is 11.2 Å². The molecule has 1 aromatic carbocycles. The topological polar surface area (TPSA) is 89.4 Å². The summed E-state index contributed by atoms with van der Waals surface area (Å²) in [6.07, 6.45) is 4.11. The molecule has 1 N–H and O–H groups in total. The Bertz CT molecular complexity index is 811. The molecule has 8 heteroatoms. The van der Waals surface area contributed by atoms with Gasteiger partial charge in [-0.25, -0.2) is 14.5 Å². The van der Waals surface area contributed by atoms with E-state index in [1.54, 1.807) is 11.0 Å². The van der Waals surface area contributed by atoms with E-state index < -0.39 is 17.7 Å². The lowest BCUT2D eigenvalue weighted by Gasteiger charge is -2.28. The Morgan fingerprint density at radius 1 is 1.25 bits per heavy atom. The summed E-state index contributed by atoms with van der Waals surface area (Å²) in [6, 6.07) is 7.07. The number of hydrogen-bond donors (Lipinski definition) is 1. The molecule has 0 radical (unpaired) electrons. The summed E-state index contributed by atoms with van der Waals surface area (Å²) in [5, 5.41) is 7.12. The lowest BCUT2D eigenvalue weighted by molar-refractivity contribution is -0.126. The summed E-state index contributed by atoms with van der Waals surface area (Å²) >= 11 is 0. The number of likely N-dealkylation sites (tertiary alicyclic amines) is 1. The zero-order chi connectivity index (χ0) is 20.3. The highest BCUT2D eigenvalue weighted by atomic mass is 16.6. The molecular weight excluding hydrogens is 358 g/mol. The Morgan fingerprint density at radius 3 is 2.57 bits per heavy atom. The minimum absolute atomic E-state index is 0.156. The zero-order valence-corrected chi connectivity index (χ0v) is 16.8. The van der Waals surface area contributed by atoms with Gasteiger partial charge in [0.15, 0.2) is 0 Å². The molecule has 2 unspecified atom stereocenters. The van der Waals surface area contributed by atoms with Gasteiger partial charge in [-0.1, -0.05) is 12.1 Å². The molecule has 2 atom stereocenters. The number of aromatic nitrogens is 3. The van der Waals surface area contributed by atoms with E-state index in [-0.39, 0.29) is 11.9 Å². The molecule has 2 amide bonds. The molecule has 0 spiro atoms. The number of benzene rings is 1. The summed E-state index contributed by atoms with van der Waals surface area (Å²) in [7, 11) is 0. The second kappa shape index (κ2) is 8.00. The van der Waals surface area contributed by atoms with Crippen LogP contribution in [-0.4, -0.2) is 49.9 Å². The molecule has 8 nitrogen and oxygen atoms in total. The van der Waals surface area contributed by atoms with Gasteiger partial charge in [-0.3, -0.25) is 9.69 Å². The first-order chi connectivity index (χ1) is 13.2. The fourth-order valence-corrected chi connectivity index (χ4v) is 3.23. The minimum atomic E-state index is -0.583. The highest BCUT2D eigenvalue weighted by Crippen LogP contribution is 2.22. The van der Waals surface area contributed by atoms with Gasteiger partial charge in [-0.05, 0) is 58.2 Å². The van der Waals surface area contributed by atoms with Gasteiger partial charge in [0.25, 0.3) is 0 Å². The van der Waals surface area contributed by atoms with Crippen LogP contribution >= 0.6 is 0 Å². The van der Waals surface area contributed by atoms with Crippen molar-refractivity contribution >= 4 is 12.0 Å². The van der Waals surface area contributed by atoms with Crippen molar-refractivity contribution in [2.24, 2.45) is 0 Å². The van der Waals surface area contributed by atoms with Gasteiger partial charge in [0, 0.05) is 6.54 Å². The average Bonchev–Trinajstić information content (AvgIpc) is 3.32. The second-order valence-corrected chi connectivity index (χ2v) is 7.99. The third-order valence-electron chi connectivity index (χ3n) is 4.62. The van der Waals surface area contributed by atoms with Crippen molar-refractivity contribution in [1.29, 1.82) is 0 Å². The molecule has 1 aliphatic heterocycles. The van der Waals surface area contributed by atoms with Crippen molar-refractivity contribution in [1.82, 2.24) is 25.0 Å². The molecule has 2 heterocycles. The van der Waals surface area contributed by atoms with Crippen LogP contribution in [0.1, 0.15) is 52.1 Å². The summed E-state index contributed by atoms with van der Waals surface area (Å²) in [4.78, 5) is 30.6. The van der Waals surface area contributed by atoms with E-state index in [4.69, 9.17) is 4.74 Å². The van der Waals surface area contributed by atoms with Gasteiger partial charge in [0.2, 0.25) is 5.91 Å². The monoisotopic (exact) mass is 385 g/mol. The van der Waals surface area contributed by atoms with E-state index in [1.807, 2.05) is 52.0 Å². The molecule has 0 saturated carbocycles. The molecule has 1 aliphatic rings. The molecule has 0 aliphatic carbocycles. The maximum atomic E-state index is 12.8. The van der Waals surface area contributed by atoms with Crippen LogP contribution in [0.2, 0.25) is 0 Å². The van der Waals surface area contributed by atoms with E-state index in [9.17, 15) is 9.59 Å². The van der Waals surface area contributed by atoms with Crippen LogP contribution in [0.3, 0.4) is 0 Å². The largest absolute Gasteiger partial charge is 0.444 e. The van der Waals surface area contributed by atoms with Gasteiger partial charge < -0.3 is 10.1 Å². The molecule has 1 fully saturated rings. The highest BCUT2D eigenvalue weighted by molar-refractivity contribution is 5.86. The Kier molecular flexibility index (Phi) is 5.67. The van der Waals surface area contributed by atoms with Crippen molar-refractivity contribution in [3.05, 3.63) is 42.5 Å². The Hall–Kier alpha value is -2.90. The van der Waals surface area contributed by atoms with Crippen LogP contribution in [0.4, 0.5) is 4.79 Å². The van der Waals surface area contributed by atoms with E-state index >= 15 is 0 Å². The molecule has 1 aromatic heterocycles. The van der Waals surface area contributed by atoms with Crippen LogP contribution in [0.15, 0.2) is 36.9 Å². The molecule has 3 rings (SSSR count). The minimum Gasteiger partial charge on any atom is -0.444 e. The average molecular weight is 385 g/mol. The molecular formula is C20H27N5O3. The summed E-state index contributed by atoms with van der Waals surface area (Å²) in [6.45, 7) is 7.92. The van der Waals surface area contributed by atoms with Crippen molar-refractivity contribution in [2.45, 2.75) is 58.2 Å². The number of nitrogens with one attached hydrogen (secondary N) is 1. The first-order valence-electron chi connectivity index (χ1n) is 9.49. The van der Waals surface area contributed by atoms with Crippen molar-refractivity contribution in [3.63, 3.8) is 0 Å². The van der Waals surface area contributed by atoms with Gasteiger partial charge in [0.1, 0.15) is 24.3 Å². The first-order valence-corrected chi connectivity index (χ1v) is 9.49. The first kappa shape index (κ1) is 19.9. The third kappa shape index (κ3) is 4.68. The van der Waals surface area contributed by atoms with Crippen LogP contribution in [0.5, 0.6) is 0 Å². The predicted octanol–water partition coefficient (Wildman–Crippen LogP) is 2.84. The Labute approximate surface area is 164 Å². The summed E-state index contributed by atoms with van der Waals surface area (Å²) in [5.41, 5.74) is 1.28. The Balaban J connectivity index is 1.62. The number of hydrogen-bond acceptors (Lipinski definition) is 5. The predicted molar refractivity (Wildman–Crippen MR) is 104 cm³/mol. The van der Waals surface area contributed by atoms with Crippen LogP contribution < -0.4 is 5.32 Å². The lowest BCUT2D eigenvalue weighted by atomic mass is 10.1. The molecule has 2 aromatic rings. The van der Waals surface area contributed by atoms with Crippen LogP contribution in [0, 0.1) is 0 Å². The number of amides is 2. The smallest absolute Gasteiger partial charge is 0.410 e. The lowest BCUT2D eigenvalue weighted by Crippen LogP contribution is -2.48. The Morgan fingerprint density at radius 2 is 1.96 bits per heavy atom. The SMILES string of the molecule is CC(NC(=O)C1CCCN1C(=O)OC(C)(C)C)c1ccc(-n2cncn2)cc1. The normalized spacial score (nSPS) is 18.0. The zero-order valence-electron chi connectivity index (χ0n) is 16.8. The van der Waals surface area contributed by atoms with Crippen LogP contribution in [-0.2, 0) is 9.53 Å². The second-order valence-electron chi connectivity index (χ2n) is 7.99. The number of nitrogens with zero attached hydrogens (tertiary/aromatic N) is 4. The maximum absolute atomic E-state index is 12.8. The van der Waals surface area contributed by atoms with Gasteiger partial charge in [-0.15, -0.1) is 0 Å². The number of rotatable bonds is 4. The van der Waals surface area contributed by atoms with Gasteiger partial charge in [-0.2, -0.15) is 5.10 Å². The standard InChI is InChI=1S/C20H27N5O3/c1-14(15-7-9-16(10-8-15)25-13-21-12-22-25)23-18(26)17-6-5-11-24(17)19(27)28-20(2,3)4/h7-10,12-14,17H,5-6,11H2,1-4H3,(H,23,26). The third-order valence-corrected chi connectivity index (χ3v) is 4.62. The summed E-state index contributed by atoms with van der Waals surface area (Å²) < 4.78 is 7.10. The van der Waals surface area contributed by atoms with E-state index in [2.05, 4.69) is 15.4 Å². The highest BCUT2D eigenvalue weighted by Gasteiger charge is 2.36. The number of ether oxygens (including phenoxy) is 1. The van der Waals surface area contributed by atoms with Crippen molar-refractivity contribution < 1.29 is 14.3 Å². The fraction of sp³-hybridized carbons (Fsp3) is 0.500. The van der Waals surface area contributed by atoms with Crippen molar-refractivity contribution in [2.75, 3.05) is 6.54 Å². The maximum Gasteiger partial charge on any atom is 0.410 e. The number of carbonyl (C=O) groups is 2. The van der Waals surface area contributed by atoms with Gasteiger partial charge >= 0.3 is 6.09 Å². The molecule has 150 valence electrons. The quantitative estimate of drug-likeness (QED) is 0.874. The van der Waals surface area contributed by atoms with Gasteiger partial charge in [0.05, 0.1) is 11.7 Å². The van der Waals surface area contributed by atoms with E-state index in [0.29, 0.717) is 13.0 Å². The fourth-order valence-electron chi connectivity index (χ4n) is 3.23.